The summed E-state index contributed by atoms with van der Waals surface area (Å²) < 4.78 is 1.40. The van der Waals surface area contributed by atoms with Gasteiger partial charge in [0.05, 0.1) is 0 Å². The predicted molar refractivity (Wildman–Crippen MR) is 49.6 cm³/mol. The highest BCUT2D eigenvalue weighted by Gasteiger charge is 2.25. The number of aliphatic hydroxyl groups is 1. The minimum absolute atomic E-state index is 0.00162. The molecule has 0 aromatic carbocycles. The van der Waals surface area contributed by atoms with Crippen molar-refractivity contribution in [2.45, 2.75) is 13.0 Å². The van der Waals surface area contributed by atoms with Gasteiger partial charge in [-0.25, -0.2) is 4.68 Å². The summed E-state index contributed by atoms with van der Waals surface area (Å²) in [5, 5.41) is 19.5. The molecule has 1 atom stereocenters. The van der Waals surface area contributed by atoms with E-state index in [4.69, 9.17) is 5.11 Å². The molecule has 1 amide bonds. The Morgan fingerprint density at radius 1 is 1.60 bits per heavy atom. The van der Waals surface area contributed by atoms with Gasteiger partial charge >= 0.3 is 0 Å². The summed E-state index contributed by atoms with van der Waals surface area (Å²) >= 11 is 0. The number of carbonyl (C=O) groups excluding carboxylic acids is 1. The number of rotatable bonds is 3. The molecular weight excluding hydrogens is 198 g/mol. The van der Waals surface area contributed by atoms with Crippen LogP contribution in [0.1, 0.15) is 6.42 Å². The zero-order chi connectivity index (χ0) is 10.7. The molecule has 0 aliphatic carbocycles. The summed E-state index contributed by atoms with van der Waals surface area (Å²) in [5.74, 6) is 0.223. The van der Waals surface area contributed by atoms with Gasteiger partial charge in [-0.2, -0.15) is 0 Å². The van der Waals surface area contributed by atoms with Crippen molar-refractivity contribution >= 4 is 5.91 Å². The molecule has 0 bridgehead atoms. The van der Waals surface area contributed by atoms with Crippen molar-refractivity contribution in [1.29, 1.82) is 0 Å². The number of aliphatic hydroxyl groups excluding tert-OH is 1. The van der Waals surface area contributed by atoms with E-state index in [1.54, 1.807) is 4.90 Å². The number of carbonyl (C=O) groups is 1. The van der Waals surface area contributed by atoms with Crippen LogP contribution in [0.4, 0.5) is 0 Å². The van der Waals surface area contributed by atoms with Gasteiger partial charge in [0, 0.05) is 25.6 Å². The molecule has 15 heavy (non-hydrogen) atoms. The SMILES string of the molecule is O=C(Cn1cnnn1)N1CC[C@@H](CO)C1. The van der Waals surface area contributed by atoms with Crippen molar-refractivity contribution in [3.05, 3.63) is 6.33 Å². The Hall–Kier alpha value is -1.50. The lowest BCUT2D eigenvalue weighted by Gasteiger charge is -2.15. The summed E-state index contributed by atoms with van der Waals surface area (Å²) in [7, 11) is 0. The Balaban J connectivity index is 1.87. The summed E-state index contributed by atoms with van der Waals surface area (Å²) in [4.78, 5) is 13.4. The second-order valence-electron chi connectivity index (χ2n) is 3.68. The third-order valence-electron chi connectivity index (χ3n) is 2.59. The van der Waals surface area contributed by atoms with Crippen LogP contribution >= 0.6 is 0 Å². The number of tetrazole rings is 1. The van der Waals surface area contributed by atoms with E-state index in [9.17, 15) is 4.79 Å². The van der Waals surface area contributed by atoms with Crippen LogP contribution in [0.15, 0.2) is 6.33 Å². The summed E-state index contributed by atoms with van der Waals surface area (Å²) in [5.41, 5.74) is 0. The molecule has 1 N–H and O–H groups in total. The Labute approximate surface area is 86.7 Å². The van der Waals surface area contributed by atoms with E-state index in [1.807, 2.05) is 0 Å². The average Bonchev–Trinajstić information content (AvgIpc) is 2.86. The van der Waals surface area contributed by atoms with Gasteiger partial charge < -0.3 is 10.0 Å². The van der Waals surface area contributed by atoms with E-state index in [2.05, 4.69) is 15.5 Å². The molecule has 0 unspecified atom stereocenters. The highest BCUT2D eigenvalue weighted by molar-refractivity contribution is 5.76. The first-order chi connectivity index (χ1) is 7.29. The minimum atomic E-state index is -0.00162. The molecule has 0 saturated carbocycles. The summed E-state index contributed by atoms with van der Waals surface area (Å²) in [6, 6.07) is 0. The van der Waals surface area contributed by atoms with Gasteiger partial charge in [-0.05, 0) is 16.8 Å². The van der Waals surface area contributed by atoms with E-state index >= 15 is 0 Å². The third-order valence-corrected chi connectivity index (χ3v) is 2.59. The molecule has 2 heterocycles. The maximum absolute atomic E-state index is 11.7. The van der Waals surface area contributed by atoms with E-state index in [0.29, 0.717) is 13.1 Å². The van der Waals surface area contributed by atoms with Crippen LogP contribution in [-0.4, -0.2) is 55.8 Å². The topological polar surface area (TPSA) is 84.1 Å². The first-order valence-electron chi connectivity index (χ1n) is 4.89. The Morgan fingerprint density at radius 2 is 2.47 bits per heavy atom. The van der Waals surface area contributed by atoms with Crippen molar-refractivity contribution in [2.24, 2.45) is 5.92 Å². The molecule has 1 fully saturated rings. The molecule has 7 heteroatoms. The molecule has 2 rings (SSSR count). The number of aromatic nitrogens is 4. The van der Waals surface area contributed by atoms with Gasteiger partial charge in [0.25, 0.3) is 0 Å². The van der Waals surface area contributed by atoms with Crippen molar-refractivity contribution in [3.63, 3.8) is 0 Å². The molecular formula is C8H13N5O2. The van der Waals surface area contributed by atoms with Crippen molar-refractivity contribution < 1.29 is 9.90 Å². The lowest BCUT2D eigenvalue weighted by Crippen LogP contribution is -2.32. The maximum atomic E-state index is 11.7. The number of nitrogens with zero attached hydrogens (tertiary/aromatic N) is 5. The number of likely N-dealkylation sites (tertiary alicyclic amines) is 1. The van der Waals surface area contributed by atoms with E-state index in [1.165, 1.54) is 11.0 Å². The van der Waals surface area contributed by atoms with Crippen LogP contribution in [0.2, 0.25) is 0 Å². The molecule has 82 valence electrons. The van der Waals surface area contributed by atoms with Crippen LogP contribution in [-0.2, 0) is 11.3 Å². The van der Waals surface area contributed by atoms with Gasteiger partial charge in [-0.3, -0.25) is 4.79 Å². The Morgan fingerprint density at radius 3 is 3.07 bits per heavy atom. The van der Waals surface area contributed by atoms with Crippen molar-refractivity contribution in [3.8, 4) is 0 Å². The smallest absolute Gasteiger partial charge is 0.244 e. The zero-order valence-corrected chi connectivity index (χ0v) is 8.28. The second-order valence-corrected chi connectivity index (χ2v) is 3.68. The van der Waals surface area contributed by atoms with Crippen LogP contribution in [0.25, 0.3) is 0 Å². The first kappa shape index (κ1) is 10.0. The van der Waals surface area contributed by atoms with E-state index < -0.39 is 0 Å². The van der Waals surface area contributed by atoms with Crippen LogP contribution in [0, 0.1) is 5.92 Å². The van der Waals surface area contributed by atoms with Crippen LogP contribution in [0.3, 0.4) is 0 Å². The standard InChI is InChI=1S/C8H13N5O2/c14-5-7-1-2-12(3-7)8(15)4-13-6-9-10-11-13/h6-7,14H,1-5H2/t7-/m1/s1. The average molecular weight is 211 g/mol. The van der Waals surface area contributed by atoms with Gasteiger partial charge in [0.1, 0.15) is 12.9 Å². The Bertz CT molecular complexity index is 326. The van der Waals surface area contributed by atoms with Crippen molar-refractivity contribution in [2.75, 3.05) is 19.7 Å². The minimum Gasteiger partial charge on any atom is -0.396 e. The van der Waals surface area contributed by atoms with Gasteiger partial charge in [-0.15, -0.1) is 5.10 Å². The van der Waals surface area contributed by atoms with E-state index in [0.717, 1.165) is 6.42 Å². The normalized spacial score (nSPS) is 20.9. The molecule has 1 aromatic heterocycles. The summed E-state index contributed by atoms with van der Waals surface area (Å²) in [6.07, 6.45) is 2.29. The lowest BCUT2D eigenvalue weighted by molar-refractivity contribution is -0.131. The monoisotopic (exact) mass is 211 g/mol. The first-order valence-corrected chi connectivity index (χ1v) is 4.89. The van der Waals surface area contributed by atoms with Crippen LogP contribution < -0.4 is 0 Å². The lowest BCUT2D eigenvalue weighted by atomic mass is 10.1. The summed E-state index contributed by atoms with van der Waals surface area (Å²) in [6.45, 7) is 1.67. The quantitative estimate of drug-likeness (QED) is 0.658. The number of hydrogen-bond donors (Lipinski definition) is 1. The number of amides is 1. The number of hydrogen-bond acceptors (Lipinski definition) is 5. The highest BCUT2D eigenvalue weighted by atomic mass is 16.3. The fourth-order valence-corrected chi connectivity index (χ4v) is 1.70. The molecule has 1 aliphatic rings. The molecule has 0 radical (unpaired) electrons. The maximum Gasteiger partial charge on any atom is 0.244 e. The molecule has 1 saturated heterocycles. The third kappa shape index (κ3) is 2.30. The second kappa shape index (κ2) is 4.35. The van der Waals surface area contributed by atoms with Crippen molar-refractivity contribution in [1.82, 2.24) is 25.1 Å². The predicted octanol–water partition coefficient (Wildman–Crippen LogP) is -1.49. The largest absolute Gasteiger partial charge is 0.396 e. The van der Waals surface area contributed by atoms with Gasteiger partial charge in [0.2, 0.25) is 5.91 Å². The highest BCUT2D eigenvalue weighted by Crippen LogP contribution is 2.15. The van der Waals surface area contributed by atoms with Crippen LogP contribution in [0.5, 0.6) is 0 Å². The van der Waals surface area contributed by atoms with E-state index in [-0.39, 0.29) is 25.0 Å². The zero-order valence-electron chi connectivity index (χ0n) is 8.28. The fraction of sp³-hybridized carbons (Fsp3) is 0.750. The molecule has 1 aromatic rings. The van der Waals surface area contributed by atoms with Gasteiger partial charge in [-0.1, -0.05) is 0 Å². The van der Waals surface area contributed by atoms with Gasteiger partial charge in [0.15, 0.2) is 0 Å². The Kier molecular flexibility index (Phi) is 2.91. The molecule has 7 nitrogen and oxygen atoms in total. The molecule has 0 spiro atoms. The fourth-order valence-electron chi connectivity index (χ4n) is 1.70. The molecule has 1 aliphatic heterocycles.